The number of rotatable bonds is 0. The third-order valence-electron chi connectivity index (χ3n) is 2.88. The summed E-state index contributed by atoms with van der Waals surface area (Å²) in [6.07, 6.45) is 1.24. The largest absolute Gasteiger partial charge is 0.327 e. The van der Waals surface area contributed by atoms with Gasteiger partial charge in [0.1, 0.15) is 0 Å². The van der Waals surface area contributed by atoms with Crippen LogP contribution < -0.4 is 5.73 Å². The second kappa shape index (κ2) is 2.56. The molecule has 2 aliphatic rings. The van der Waals surface area contributed by atoms with Crippen LogP contribution in [0.1, 0.15) is 19.3 Å². The smallest absolute Gasteiger partial charge is 0.251 e. The Morgan fingerprint density at radius 2 is 1.91 bits per heavy atom. The fourth-order valence-corrected chi connectivity index (χ4v) is 2.25. The molecule has 0 radical (unpaired) electrons. The van der Waals surface area contributed by atoms with Gasteiger partial charge in [-0.3, -0.25) is 0 Å². The Balaban J connectivity index is 0.000000605. The molecule has 2 aliphatic carbocycles. The Hall–Kier alpha value is 0.110. The molecule has 0 spiro atoms. The van der Waals surface area contributed by atoms with Crippen molar-refractivity contribution in [1.29, 1.82) is 0 Å². The molecule has 0 unspecified atom stereocenters. The molecule has 4 heteroatoms. The average Bonchev–Trinajstić information content (AvgIpc) is 2.21. The number of alkyl halides is 2. The van der Waals surface area contributed by atoms with Crippen molar-refractivity contribution >= 4 is 12.4 Å². The van der Waals surface area contributed by atoms with E-state index in [1.165, 1.54) is 0 Å². The van der Waals surface area contributed by atoms with Crippen molar-refractivity contribution in [2.75, 3.05) is 0 Å². The molecular weight excluding hydrogens is 172 g/mol. The van der Waals surface area contributed by atoms with Crippen LogP contribution >= 0.6 is 12.4 Å². The van der Waals surface area contributed by atoms with Crippen molar-refractivity contribution in [2.45, 2.75) is 31.2 Å². The third kappa shape index (κ3) is 1.25. The van der Waals surface area contributed by atoms with Crippen LogP contribution in [-0.2, 0) is 0 Å². The predicted molar refractivity (Wildman–Crippen MR) is 41.0 cm³/mol. The van der Waals surface area contributed by atoms with Crippen LogP contribution in [0.2, 0.25) is 0 Å². The van der Waals surface area contributed by atoms with Gasteiger partial charge in [0, 0.05) is 18.4 Å². The molecule has 2 rings (SSSR count). The van der Waals surface area contributed by atoms with Crippen molar-refractivity contribution in [3.05, 3.63) is 0 Å². The summed E-state index contributed by atoms with van der Waals surface area (Å²) in [5.74, 6) is -2.67. The van der Waals surface area contributed by atoms with E-state index in [0.717, 1.165) is 0 Å². The first-order valence-corrected chi connectivity index (χ1v) is 3.73. The van der Waals surface area contributed by atoms with Crippen LogP contribution in [-0.4, -0.2) is 12.0 Å². The summed E-state index contributed by atoms with van der Waals surface area (Å²) in [6.45, 7) is 0. The minimum absolute atomic E-state index is 0. The highest BCUT2D eigenvalue weighted by Crippen LogP contribution is 2.52. The van der Waals surface area contributed by atoms with Gasteiger partial charge in [-0.05, 0) is 18.8 Å². The van der Waals surface area contributed by atoms with Crippen molar-refractivity contribution in [1.82, 2.24) is 0 Å². The zero-order valence-electron chi connectivity index (χ0n) is 6.09. The van der Waals surface area contributed by atoms with Gasteiger partial charge in [-0.25, -0.2) is 8.78 Å². The lowest BCUT2D eigenvalue weighted by Gasteiger charge is -2.24. The van der Waals surface area contributed by atoms with Crippen LogP contribution in [0.25, 0.3) is 0 Å². The molecule has 0 aliphatic heterocycles. The molecule has 2 saturated carbocycles. The molecule has 1 nitrogen and oxygen atoms in total. The van der Waals surface area contributed by atoms with Gasteiger partial charge in [-0.15, -0.1) is 12.4 Å². The fourth-order valence-electron chi connectivity index (χ4n) is 2.25. The van der Waals surface area contributed by atoms with E-state index >= 15 is 0 Å². The summed E-state index contributed by atoms with van der Waals surface area (Å²) >= 11 is 0. The van der Waals surface area contributed by atoms with Crippen molar-refractivity contribution < 1.29 is 8.78 Å². The maximum absolute atomic E-state index is 12.8. The normalized spacial score (nSPS) is 45.5. The highest BCUT2D eigenvalue weighted by Gasteiger charge is 2.55. The molecule has 0 heterocycles. The molecule has 11 heavy (non-hydrogen) atoms. The van der Waals surface area contributed by atoms with Gasteiger partial charge in [-0.2, -0.15) is 0 Å². The van der Waals surface area contributed by atoms with E-state index in [-0.39, 0.29) is 30.8 Å². The molecule has 0 amide bonds. The van der Waals surface area contributed by atoms with E-state index in [9.17, 15) is 8.78 Å². The van der Waals surface area contributed by atoms with E-state index in [0.29, 0.717) is 12.8 Å². The molecule has 2 N–H and O–H groups in total. The van der Waals surface area contributed by atoms with E-state index in [1.54, 1.807) is 0 Å². The highest BCUT2D eigenvalue weighted by molar-refractivity contribution is 5.85. The maximum atomic E-state index is 12.8. The summed E-state index contributed by atoms with van der Waals surface area (Å²) in [7, 11) is 0. The molecule has 2 fully saturated rings. The fraction of sp³-hybridized carbons (Fsp3) is 1.00. The lowest BCUT2D eigenvalue weighted by Crippen LogP contribution is -2.35. The van der Waals surface area contributed by atoms with Crippen LogP contribution in [0, 0.1) is 11.8 Å². The van der Waals surface area contributed by atoms with Crippen molar-refractivity contribution in [3.63, 3.8) is 0 Å². The van der Waals surface area contributed by atoms with Gasteiger partial charge in [-0.1, -0.05) is 0 Å². The van der Waals surface area contributed by atoms with Gasteiger partial charge >= 0.3 is 0 Å². The topological polar surface area (TPSA) is 26.0 Å². The predicted octanol–water partition coefficient (Wildman–Crippen LogP) is 1.80. The Morgan fingerprint density at radius 3 is 2.18 bits per heavy atom. The second-order valence-corrected chi connectivity index (χ2v) is 3.56. The summed E-state index contributed by atoms with van der Waals surface area (Å²) in [5.41, 5.74) is 5.61. The number of hydrogen-bond acceptors (Lipinski definition) is 1. The highest BCUT2D eigenvalue weighted by atomic mass is 35.5. The summed E-state index contributed by atoms with van der Waals surface area (Å²) < 4.78 is 25.5. The van der Waals surface area contributed by atoms with E-state index < -0.39 is 11.8 Å². The standard InChI is InChI=1S/C7H11F2N.ClH/c8-7(9)3-4-1-5(7)2-6(4)10;/h4-6H,1-3,10H2;1H/t4-,5-,6+;/m1./s1. The average molecular weight is 184 g/mol. The first kappa shape index (κ1) is 9.20. The number of hydrogen-bond donors (Lipinski definition) is 1. The first-order valence-electron chi connectivity index (χ1n) is 3.73. The molecular formula is C7H12ClF2N. The lowest BCUT2D eigenvalue weighted by molar-refractivity contribution is -0.0542. The monoisotopic (exact) mass is 183 g/mol. The van der Waals surface area contributed by atoms with Gasteiger partial charge in [0.25, 0.3) is 5.92 Å². The number of fused-ring (bicyclic) bond motifs is 2. The van der Waals surface area contributed by atoms with Crippen molar-refractivity contribution in [3.8, 4) is 0 Å². The Labute approximate surface area is 70.7 Å². The Morgan fingerprint density at radius 1 is 1.27 bits per heavy atom. The lowest BCUT2D eigenvalue weighted by atomic mass is 9.93. The van der Waals surface area contributed by atoms with Crippen LogP contribution in [0.3, 0.4) is 0 Å². The van der Waals surface area contributed by atoms with Gasteiger partial charge < -0.3 is 5.73 Å². The molecule has 0 aromatic carbocycles. The molecule has 3 atom stereocenters. The van der Waals surface area contributed by atoms with Crippen LogP contribution in [0.15, 0.2) is 0 Å². The SMILES string of the molecule is Cl.N[C@H]1C[C@H]2C[C@@H]1CC2(F)F. The van der Waals surface area contributed by atoms with Crippen LogP contribution in [0.5, 0.6) is 0 Å². The zero-order valence-corrected chi connectivity index (χ0v) is 6.91. The van der Waals surface area contributed by atoms with E-state index in [2.05, 4.69) is 0 Å². The number of nitrogens with two attached hydrogens (primary N) is 1. The Kier molecular flexibility index (Phi) is 2.14. The maximum Gasteiger partial charge on any atom is 0.251 e. The van der Waals surface area contributed by atoms with Crippen molar-refractivity contribution in [2.24, 2.45) is 17.6 Å². The first-order chi connectivity index (χ1) is 4.59. The van der Waals surface area contributed by atoms with E-state index in [4.69, 9.17) is 5.73 Å². The van der Waals surface area contributed by atoms with Crippen LogP contribution in [0.4, 0.5) is 8.78 Å². The summed E-state index contributed by atoms with van der Waals surface area (Å²) in [5, 5.41) is 0. The zero-order chi connectivity index (χ0) is 7.35. The quantitative estimate of drug-likeness (QED) is 0.609. The Bertz CT molecular complexity index is 161. The summed E-state index contributed by atoms with van der Waals surface area (Å²) in [6, 6.07) is 0.0598. The van der Waals surface area contributed by atoms with Gasteiger partial charge in [0.15, 0.2) is 0 Å². The van der Waals surface area contributed by atoms with Gasteiger partial charge in [0.2, 0.25) is 0 Å². The molecule has 2 bridgehead atoms. The summed E-state index contributed by atoms with van der Waals surface area (Å²) in [4.78, 5) is 0. The third-order valence-corrected chi connectivity index (χ3v) is 2.88. The minimum Gasteiger partial charge on any atom is -0.327 e. The second-order valence-electron chi connectivity index (χ2n) is 3.56. The minimum atomic E-state index is -2.39. The van der Waals surface area contributed by atoms with Gasteiger partial charge in [0.05, 0.1) is 0 Å². The molecule has 0 aromatic rings. The number of halogens is 3. The van der Waals surface area contributed by atoms with E-state index in [1.807, 2.05) is 0 Å². The molecule has 66 valence electrons. The molecule has 0 aromatic heterocycles. The molecule has 0 saturated heterocycles.